The first-order valence-electron chi connectivity index (χ1n) is 7.70. The van der Waals surface area contributed by atoms with E-state index in [1.165, 1.54) is 6.07 Å². The maximum atomic E-state index is 13.8. The first kappa shape index (κ1) is 14.8. The topological polar surface area (TPSA) is 52.7 Å². The molecular weight excluding hydrogens is 285 g/mol. The molecule has 1 aromatic carbocycles. The Balaban J connectivity index is 1.58. The van der Waals surface area contributed by atoms with Crippen molar-refractivity contribution in [2.24, 2.45) is 5.92 Å². The zero-order valence-electron chi connectivity index (χ0n) is 12.4. The van der Waals surface area contributed by atoms with Crippen molar-refractivity contribution in [3.63, 3.8) is 0 Å². The fourth-order valence-electron chi connectivity index (χ4n) is 3.13. The second-order valence-corrected chi connectivity index (χ2v) is 5.80. The highest BCUT2D eigenvalue weighted by atomic mass is 19.1. The lowest BCUT2D eigenvalue weighted by atomic mass is 9.95. The van der Waals surface area contributed by atoms with Crippen LogP contribution in [0.1, 0.15) is 12.8 Å². The summed E-state index contributed by atoms with van der Waals surface area (Å²) in [6, 6.07) is 6.70. The summed E-state index contributed by atoms with van der Waals surface area (Å²) in [6.45, 7) is 2.96. The largest absolute Gasteiger partial charge is 0.366 e. The summed E-state index contributed by atoms with van der Waals surface area (Å²) in [6.07, 6.45) is 0.991. The van der Waals surface area contributed by atoms with Gasteiger partial charge in [-0.25, -0.2) is 4.39 Å². The lowest BCUT2D eigenvalue weighted by molar-refractivity contribution is -0.140. The molecule has 0 spiro atoms. The van der Waals surface area contributed by atoms with E-state index in [1.807, 2.05) is 11.0 Å². The van der Waals surface area contributed by atoms with Gasteiger partial charge >= 0.3 is 0 Å². The molecule has 0 aromatic heterocycles. The quantitative estimate of drug-likeness (QED) is 0.887. The number of carbonyl (C=O) groups excluding carboxylic acids is 2. The van der Waals surface area contributed by atoms with E-state index in [9.17, 15) is 14.0 Å². The van der Waals surface area contributed by atoms with Crippen molar-refractivity contribution in [1.82, 2.24) is 10.2 Å². The van der Waals surface area contributed by atoms with Crippen molar-refractivity contribution < 1.29 is 14.0 Å². The Morgan fingerprint density at radius 1 is 1.18 bits per heavy atom. The Morgan fingerprint density at radius 3 is 2.59 bits per heavy atom. The minimum absolute atomic E-state index is 0.0467. The molecule has 1 unspecified atom stereocenters. The van der Waals surface area contributed by atoms with E-state index in [0.717, 1.165) is 0 Å². The molecule has 1 N–H and O–H groups in total. The third-order valence-electron chi connectivity index (χ3n) is 4.38. The monoisotopic (exact) mass is 305 g/mol. The zero-order chi connectivity index (χ0) is 15.5. The fourth-order valence-corrected chi connectivity index (χ4v) is 3.13. The Morgan fingerprint density at radius 2 is 1.91 bits per heavy atom. The first-order chi connectivity index (χ1) is 10.6. The average molecular weight is 305 g/mol. The van der Waals surface area contributed by atoms with Gasteiger partial charge in [0.05, 0.1) is 5.69 Å². The van der Waals surface area contributed by atoms with Gasteiger partial charge in [-0.3, -0.25) is 9.59 Å². The molecule has 6 heteroatoms. The average Bonchev–Trinajstić information content (AvgIpc) is 2.55. The molecule has 1 atom stereocenters. The molecule has 3 rings (SSSR count). The predicted octanol–water partition coefficient (Wildman–Crippen LogP) is 1.00. The number of nitrogens with one attached hydrogen (secondary N) is 1. The molecule has 118 valence electrons. The van der Waals surface area contributed by atoms with Gasteiger partial charge in [0.2, 0.25) is 11.8 Å². The second kappa shape index (κ2) is 6.34. The van der Waals surface area contributed by atoms with Crippen LogP contribution in [0.15, 0.2) is 24.3 Å². The van der Waals surface area contributed by atoms with Gasteiger partial charge < -0.3 is 15.1 Å². The Bertz CT molecular complexity index is 570. The molecule has 5 nitrogen and oxygen atoms in total. The van der Waals surface area contributed by atoms with E-state index in [4.69, 9.17) is 0 Å². The third kappa shape index (κ3) is 3.05. The molecule has 0 bridgehead atoms. The minimum Gasteiger partial charge on any atom is -0.366 e. The van der Waals surface area contributed by atoms with Gasteiger partial charge in [-0.2, -0.15) is 0 Å². The summed E-state index contributed by atoms with van der Waals surface area (Å²) in [4.78, 5) is 27.6. The van der Waals surface area contributed by atoms with E-state index >= 15 is 0 Å². The number of piperazine rings is 1. The third-order valence-corrected chi connectivity index (χ3v) is 4.38. The van der Waals surface area contributed by atoms with Crippen LogP contribution >= 0.6 is 0 Å². The number of amides is 2. The summed E-state index contributed by atoms with van der Waals surface area (Å²) in [5.74, 6) is -0.419. The highest BCUT2D eigenvalue weighted by molar-refractivity contribution is 5.87. The Kier molecular flexibility index (Phi) is 4.27. The summed E-state index contributed by atoms with van der Waals surface area (Å²) in [5, 5.41) is 2.74. The van der Waals surface area contributed by atoms with Crippen molar-refractivity contribution in [1.29, 1.82) is 0 Å². The number of halogens is 1. The molecule has 2 aliphatic rings. The van der Waals surface area contributed by atoms with E-state index in [2.05, 4.69) is 5.32 Å². The molecule has 0 aliphatic carbocycles. The van der Waals surface area contributed by atoms with E-state index in [-0.39, 0.29) is 30.0 Å². The maximum absolute atomic E-state index is 13.8. The molecule has 2 saturated heterocycles. The summed E-state index contributed by atoms with van der Waals surface area (Å²) < 4.78 is 13.8. The van der Waals surface area contributed by atoms with Crippen molar-refractivity contribution in [2.75, 3.05) is 37.6 Å². The predicted molar refractivity (Wildman–Crippen MR) is 80.9 cm³/mol. The van der Waals surface area contributed by atoms with Crippen molar-refractivity contribution in [3.8, 4) is 0 Å². The van der Waals surface area contributed by atoms with Crippen LogP contribution in [0.3, 0.4) is 0 Å². The Labute approximate surface area is 129 Å². The minimum atomic E-state index is -0.230. The van der Waals surface area contributed by atoms with Crippen LogP contribution in [0.2, 0.25) is 0 Å². The van der Waals surface area contributed by atoms with Crippen LogP contribution in [0.5, 0.6) is 0 Å². The highest BCUT2D eigenvalue weighted by Gasteiger charge is 2.31. The van der Waals surface area contributed by atoms with Gasteiger partial charge in [0.25, 0.3) is 0 Å². The molecule has 22 heavy (non-hydrogen) atoms. The molecule has 1 aromatic rings. The van der Waals surface area contributed by atoms with E-state index < -0.39 is 0 Å². The maximum Gasteiger partial charge on any atom is 0.226 e. The number of hydrogen-bond donors (Lipinski definition) is 1. The molecular formula is C16H20FN3O2. The molecule has 0 saturated carbocycles. The van der Waals surface area contributed by atoms with Gasteiger partial charge in [-0.05, 0) is 18.6 Å². The Hall–Kier alpha value is -2.11. The van der Waals surface area contributed by atoms with Gasteiger partial charge in [0.1, 0.15) is 5.82 Å². The van der Waals surface area contributed by atoms with Crippen molar-refractivity contribution >= 4 is 17.5 Å². The van der Waals surface area contributed by atoms with Crippen LogP contribution in [-0.2, 0) is 9.59 Å². The number of nitrogens with zero attached hydrogens (tertiary/aromatic N) is 2. The molecule has 0 radical (unpaired) electrons. The lowest BCUT2D eigenvalue weighted by Crippen LogP contribution is -2.52. The number of carbonyl (C=O) groups is 2. The smallest absolute Gasteiger partial charge is 0.226 e. The number of hydrogen-bond acceptors (Lipinski definition) is 3. The number of piperidine rings is 1. The van der Waals surface area contributed by atoms with Crippen LogP contribution in [0.4, 0.5) is 10.1 Å². The lowest BCUT2D eigenvalue weighted by Gasteiger charge is -2.38. The van der Waals surface area contributed by atoms with Crippen LogP contribution in [-0.4, -0.2) is 49.4 Å². The van der Waals surface area contributed by atoms with Crippen LogP contribution in [0.25, 0.3) is 0 Å². The van der Waals surface area contributed by atoms with Crippen molar-refractivity contribution in [2.45, 2.75) is 12.8 Å². The SMILES string of the molecule is O=C1CC(C(=O)N2CCN(c3ccccc3F)CC2)CCN1. The summed E-state index contributed by atoms with van der Waals surface area (Å²) in [7, 11) is 0. The first-order valence-corrected chi connectivity index (χ1v) is 7.70. The molecule has 2 amide bonds. The highest BCUT2D eigenvalue weighted by Crippen LogP contribution is 2.22. The van der Waals surface area contributed by atoms with E-state index in [0.29, 0.717) is 44.8 Å². The number of anilines is 1. The zero-order valence-corrected chi connectivity index (χ0v) is 12.4. The fraction of sp³-hybridized carbons (Fsp3) is 0.500. The van der Waals surface area contributed by atoms with Gasteiger partial charge in [0.15, 0.2) is 0 Å². The van der Waals surface area contributed by atoms with Crippen LogP contribution in [0, 0.1) is 11.7 Å². The number of benzene rings is 1. The molecule has 2 aliphatic heterocycles. The normalized spacial score (nSPS) is 22.4. The molecule has 2 heterocycles. The van der Waals surface area contributed by atoms with Crippen LogP contribution < -0.4 is 10.2 Å². The summed E-state index contributed by atoms with van der Waals surface area (Å²) in [5.41, 5.74) is 0.589. The number of para-hydroxylation sites is 1. The molecule has 2 fully saturated rings. The summed E-state index contributed by atoms with van der Waals surface area (Å²) >= 11 is 0. The van der Waals surface area contributed by atoms with Gasteiger partial charge in [-0.15, -0.1) is 0 Å². The second-order valence-electron chi connectivity index (χ2n) is 5.80. The number of rotatable bonds is 2. The van der Waals surface area contributed by atoms with Gasteiger partial charge in [-0.1, -0.05) is 12.1 Å². The van der Waals surface area contributed by atoms with Gasteiger partial charge in [0, 0.05) is 45.1 Å². The van der Waals surface area contributed by atoms with E-state index in [1.54, 1.807) is 17.0 Å². The standard InChI is InChI=1S/C16H20FN3O2/c17-13-3-1-2-4-14(13)19-7-9-20(10-8-19)16(22)12-5-6-18-15(21)11-12/h1-4,12H,5-11H2,(H,18,21). The van der Waals surface area contributed by atoms with Crippen molar-refractivity contribution in [3.05, 3.63) is 30.1 Å².